The molecule has 1 fully saturated rings. The van der Waals surface area contributed by atoms with E-state index in [-0.39, 0.29) is 0 Å². The van der Waals surface area contributed by atoms with Crippen LogP contribution in [0.1, 0.15) is 38.2 Å². The SMILES string of the molecule is C=C/C(=C\C(=C/C)c1ccc2[nH]nc(-c3cc4c(-c5cccs5)cncc4[nH]3)c2c1)NC(=C)C1CCCC1. The normalized spacial score (nSPS) is 15.0. The highest BCUT2D eigenvalue weighted by atomic mass is 32.1. The minimum absolute atomic E-state index is 0.545. The van der Waals surface area contributed by atoms with E-state index in [0.29, 0.717) is 5.92 Å². The molecule has 1 aliphatic carbocycles. The molecule has 3 N–H and O–H groups in total. The van der Waals surface area contributed by atoms with Gasteiger partial charge in [-0.2, -0.15) is 5.10 Å². The molecule has 0 unspecified atom stereocenters. The van der Waals surface area contributed by atoms with Crippen molar-refractivity contribution in [3.8, 4) is 21.8 Å². The summed E-state index contributed by atoms with van der Waals surface area (Å²) in [5.41, 5.74) is 9.27. The molecule has 4 aromatic heterocycles. The largest absolute Gasteiger partial charge is 0.359 e. The van der Waals surface area contributed by atoms with Crippen molar-refractivity contribution < 1.29 is 0 Å². The van der Waals surface area contributed by atoms with Crippen LogP contribution in [0.3, 0.4) is 0 Å². The van der Waals surface area contributed by atoms with Crippen LogP contribution in [-0.2, 0) is 0 Å². The van der Waals surface area contributed by atoms with Crippen LogP contribution in [-0.4, -0.2) is 20.2 Å². The van der Waals surface area contributed by atoms with Crippen molar-refractivity contribution in [3.05, 3.63) is 103 Å². The van der Waals surface area contributed by atoms with Gasteiger partial charge in [0.1, 0.15) is 5.69 Å². The highest BCUT2D eigenvalue weighted by molar-refractivity contribution is 7.13. The third-order valence-corrected chi connectivity index (χ3v) is 8.38. The predicted octanol–water partition coefficient (Wildman–Crippen LogP) is 8.60. The summed E-state index contributed by atoms with van der Waals surface area (Å²) < 4.78 is 0. The van der Waals surface area contributed by atoms with Crippen LogP contribution in [0.4, 0.5) is 0 Å². The van der Waals surface area contributed by atoms with E-state index in [4.69, 9.17) is 5.10 Å². The third kappa shape index (κ3) is 4.52. The first-order valence-corrected chi connectivity index (χ1v) is 14.0. The van der Waals surface area contributed by atoms with Gasteiger partial charge in [0.25, 0.3) is 0 Å². The first kappa shape index (κ1) is 24.2. The van der Waals surface area contributed by atoms with E-state index in [1.807, 2.05) is 18.5 Å². The summed E-state index contributed by atoms with van der Waals surface area (Å²) in [4.78, 5) is 9.22. The van der Waals surface area contributed by atoms with Crippen molar-refractivity contribution in [2.75, 3.05) is 0 Å². The van der Waals surface area contributed by atoms with Crippen LogP contribution < -0.4 is 5.32 Å². The van der Waals surface area contributed by atoms with Gasteiger partial charge in [-0.25, -0.2) is 0 Å². The lowest BCUT2D eigenvalue weighted by molar-refractivity contribution is 0.607. The second-order valence-electron chi connectivity index (χ2n) is 9.82. The van der Waals surface area contributed by atoms with E-state index >= 15 is 0 Å². The average molecular weight is 518 g/mol. The van der Waals surface area contributed by atoms with Gasteiger partial charge in [0, 0.05) is 38.8 Å². The van der Waals surface area contributed by atoms with E-state index in [0.717, 1.165) is 61.3 Å². The molecule has 0 amide bonds. The Kier molecular flexibility index (Phi) is 6.56. The van der Waals surface area contributed by atoms with E-state index < -0.39 is 0 Å². The lowest BCUT2D eigenvalue weighted by Gasteiger charge is -2.17. The molecule has 4 heterocycles. The van der Waals surface area contributed by atoms with Crippen LogP contribution in [0.5, 0.6) is 0 Å². The Morgan fingerprint density at radius 1 is 1.11 bits per heavy atom. The number of pyridine rings is 1. The Bertz CT molecular complexity index is 1690. The first-order chi connectivity index (χ1) is 18.6. The first-order valence-electron chi connectivity index (χ1n) is 13.1. The molecule has 38 heavy (non-hydrogen) atoms. The molecule has 0 spiro atoms. The number of nitrogens with one attached hydrogen (secondary N) is 3. The monoisotopic (exact) mass is 517 g/mol. The topological polar surface area (TPSA) is 69.4 Å². The van der Waals surface area contributed by atoms with Crippen LogP contribution >= 0.6 is 11.3 Å². The second kappa shape index (κ2) is 10.3. The molecule has 0 bridgehead atoms. The van der Waals surface area contributed by atoms with Crippen LogP contribution in [0.25, 0.3) is 49.2 Å². The molecule has 1 aliphatic rings. The second-order valence-corrected chi connectivity index (χ2v) is 10.8. The maximum Gasteiger partial charge on any atom is 0.116 e. The predicted molar refractivity (Wildman–Crippen MR) is 161 cm³/mol. The number of benzene rings is 1. The number of H-pyrrole nitrogens is 2. The molecule has 0 aliphatic heterocycles. The van der Waals surface area contributed by atoms with Crippen LogP contribution in [0.15, 0.2) is 97.0 Å². The van der Waals surface area contributed by atoms with Gasteiger partial charge >= 0.3 is 0 Å². The summed E-state index contributed by atoms with van der Waals surface area (Å²) >= 11 is 1.72. The Labute approximate surface area is 226 Å². The maximum absolute atomic E-state index is 4.69. The molecule has 0 saturated heterocycles. The summed E-state index contributed by atoms with van der Waals surface area (Å²) in [5, 5.41) is 15.7. The third-order valence-electron chi connectivity index (χ3n) is 7.48. The van der Waals surface area contributed by atoms with Gasteiger partial charge in [-0.3, -0.25) is 10.1 Å². The standard InChI is InChI=1S/C32H31N5S/c1-4-21(15-24(5-2)34-20(3)22-9-6-7-10-22)23-12-13-28-26(16-23)32(37-36-28)29-17-25-27(31-11-8-14-38-31)18-33-19-30(25)35-29/h4-5,8,11-19,22,34-35H,2-3,6-7,9-10H2,1H3,(H,36,37)/b21-4+,24-15+. The number of hydrogen-bond donors (Lipinski definition) is 3. The van der Waals surface area contributed by atoms with E-state index in [2.05, 4.69) is 94.4 Å². The number of fused-ring (bicyclic) bond motifs is 2. The number of allylic oxidation sites excluding steroid dienone is 5. The summed E-state index contributed by atoms with van der Waals surface area (Å²) in [7, 11) is 0. The van der Waals surface area contributed by atoms with Gasteiger partial charge in [0.2, 0.25) is 0 Å². The number of nitrogens with zero attached hydrogens (tertiary/aromatic N) is 2. The van der Waals surface area contributed by atoms with Crippen molar-refractivity contribution in [2.45, 2.75) is 32.6 Å². The van der Waals surface area contributed by atoms with Crippen molar-refractivity contribution in [2.24, 2.45) is 5.92 Å². The van der Waals surface area contributed by atoms with Gasteiger partial charge in [0.05, 0.1) is 22.9 Å². The van der Waals surface area contributed by atoms with Gasteiger partial charge in [0.15, 0.2) is 0 Å². The van der Waals surface area contributed by atoms with Crippen molar-refractivity contribution in [3.63, 3.8) is 0 Å². The molecule has 5 nitrogen and oxygen atoms in total. The lowest BCUT2D eigenvalue weighted by atomic mass is 10.0. The molecule has 1 aromatic carbocycles. The fraction of sp³-hybridized carbons (Fsp3) is 0.188. The fourth-order valence-electron chi connectivity index (χ4n) is 5.41. The van der Waals surface area contributed by atoms with E-state index in [9.17, 15) is 0 Å². The van der Waals surface area contributed by atoms with Gasteiger partial charge < -0.3 is 10.3 Å². The minimum atomic E-state index is 0.545. The summed E-state index contributed by atoms with van der Waals surface area (Å²) in [6.45, 7) is 10.4. The smallest absolute Gasteiger partial charge is 0.116 e. The quantitative estimate of drug-likeness (QED) is 0.181. The zero-order chi connectivity index (χ0) is 26.1. The molecule has 6 heteroatoms. The highest BCUT2D eigenvalue weighted by Gasteiger charge is 2.18. The van der Waals surface area contributed by atoms with Gasteiger partial charge in [-0.15, -0.1) is 11.3 Å². The molecule has 6 rings (SSSR count). The molecule has 0 radical (unpaired) electrons. The van der Waals surface area contributed by atoms with Crippen molar-refractivity contribution in [1.82, 2.24) is 25.5 Å². The molecule has 1 saturated carbocycles. The van der Waals surface area contributed by atoms with Crippen molar-refractivity contribution in [1.29, 1.82) is 0 Å². The zero-order valence-electron chi connectivity index (χ0n) is 21.6. The van der Waals surface area contributed by atoms with Crippen LogP contribution in [0, 0.1) is 5.92 Å². The molecular formula is C32H31N5S. The van der Waals surface area contributed by atoms with Gasteiger partial charge in [-0.05, 0) is 78.6 Å². The molecule has 190 valence electrons. The maximum atomic E-state index is 4.69. The molecule has 0 atom stereocenters. The average Bonchev–Trinajstić information content (AvgIpc) is 3.75. The number of hydrogen-bond acceptors (Lipinski definition) is 4. The summed E-state index contributed by atoms with van der Waals surface area (Å²) in [5.74, 6) is 0.545. The number of rotatable bonds is 8. The summed E-state index contributed by atoms with van der Waals surface area (Å²) in [6, 6.07) is 12.8. The Morgan fingerprint density at radius 2 is 1.97 bits per heavy atom. The Hall–Kier alpha value is -4.16. The highest BCUT2D eigenvalue weighted by Crippen LogP contribution is 2.36. The molecular weight excluding hydrogens is 486 g/mol. The number of aromatic nitrogens is 4. The number of aromatic amines is 2. The zero-order valence-corrected chi connectivity index (χ0v) is 22.4. The van der Waals surface area contributed by atoms with E-state index in [1.54, 1.807) is 11.3 Å². The summed E-state index contributed by atoms with van der Waals surface area (Å²) in [6.07, 6.45) is 15.0. The Morgan fingerprint density at radius 3 is 2.74 bits per heavy atom. The van der Waals surface area contributed by atoms with E-state index in [1.165, 1.54) is 30.6 Å². The molecule has 5 aromatic rings. The van der Waals surface area contributed by atoms with Crippen LogP contribution in [0.2, 0.25) is 0 Å². The lowest BCUT2D eigenvalue weighted by Crippen LogP contribution is -2.16. The van der Waals surface area contributed by atoms with Crippen molar-refractivity contribution >= 4 is 38.7 Å². The minimum Gasteiger partial charge on any atom is -0.359 e. The van der Waals surface area contributed by atoms with Gasteiger partial charge in [-0.1, -0.05) is 44.2 Å². The number of thiophene rings is 1. The fourth-order valence-corrected chi connectivity index (χ4v) is 6.16. The Balaban J connectivity index is 1.35.